The van der Waals surface area contributed by atoms with Gasteiger partial charge in [0.15, 0.2) is 0 Å². The molecular formula is C16H22N2OS. The van der Waals surface area contributed by atoms with E-state index in [0.717, 1.165) is 17.2 Å². The van der Waals surface area contributed by atoms with Crippen molar-refractivity contribution in [1.29, 1.82) is 0 Å². The fraction of sp³-hybridized carbons (Fsp3) is 0.438. The maximum absolute atomic E-state index is 5.47. The van der Waals surface area contributed by atoms with Gasteiger partial charge < -0.3 is 10.1 Å². The smallest absolute Gasteiger partial charge is 0.122 e. The van der Waals surface area contributed by atoms with Gasteiger partial charge in [-0.3, -0.25) is 0 Å². The summed E-state index contributed by atoms with van der Waals surface area (Å²) in [6.07, 6.45) is 2.71. The molecule has 0 spiro atoms. The molecule has 3 nitrogen and oxygen atoms in total. The van der Waals surface area contributed by atoms with Crippen LogP contribution in [0.25, 0.3) is 0 Å². The zero-order chi connectivity index (χ0) is 14.6. The highest BCUT2D eigenvalue weighted by Gasteiger charge is 2.31. The van der Waals surface area contributed by atoms with Crippen molar-refractivity contribution in [3.8, 4) is 5.75 Å². The number of thiazole rings is 1. The molecule has 2 aromatic rings. The summed E-state index contributed by atoms with van der Waals surface area (Å²) in [6, 6.07) is 8.56. The number of hydrogen-bond acceptors (Lipinski definition) is 4. The number of ether oxygens (including phenoxy) is 1. The van der Waals surface area contributed by atoms with Crippen molar-refractivity contribution in [2.24, 2.45) is 0 Å². The Balaban J connectivity index is 2.33. The fourth-order valence-corrected chi connectivity index (χ4v) is 3.31. The molecule has 4 heteroatoms. The van der Waals surface area contributed by atoms with E-state index >= 15 is 0 Å². The monoisotopic (exact) mass is 290 g/mol. The van der Waals surface area contributed by atoms with Gasteiger partial charge in [-0.05, 0) is 32.4 Å². The van der Waals surface area contributed by atoms with Crippen LogP contribution >= 0.6 is 11.3 Å². The molecule has 0 bridgehead atoms. The molecule has 0 fully saturated rings. The van der Waals surface area contributed by atoms with E-state index in [1.807, 2.05) is 23.7 Å². The van der Waals surface area contributed by atoms with Gasteiger partial charge in [0.05, 0.1) is 12.6 Å². The Morgan fingerprint density at radius 3 is 2.70 bits per heavy atom. The molecular weight excluding hydrogens is 268 g/mol. The molecule has 0 saturated carbocycles. The Labute approximate surface area is 125 Å². The van der Waals surface area contributed by atoms with Crippen LogP contribution in [0, 0.1) is 0 Å². The van der Waals surface area contributed by atoms with Gasteiger partial charge in [0.25, 0.3) is 0 Å². The Hall–Kier alpha value is -1.39. The molecule has 1 heterocycles. The number of aromatic nitrogens is 1. The molecule has 1 aromatic carbocycles. The molecule has 1 aromatic heterocycles. The number of methoxy groups -OCH3 is 1. The summed E-state index contributed by atoms with van der Waals surface area (Å²) in [5, 5.41) is 6.78. The average Bonchev–Trinajstić information content (AvgIpc) is 2.93. The van der Waals surface area contributed by atoms with Crippen LogP contribution in [-0.4, -0.2) is 18.1 Å². The topological polar surface area (TPSA) is 34.1 Å². The summed E-state index contributed by atoms with van der Waals surface area (Å²) in [7, 11) is 1.72. The van der Waals surface area contributed by atoms with Crippen LogP contribution in [-0.2, 0) is 12.0 Å². The van der Waals surface area contributed by atoms with Crippen LogP contribution in [0.4, 0.5) is 0 Å². The van der Waals surface area contributed by atoms with Crippen LogP contribution in [0.2, 0.25) is 0 Å². The average molecular weight is 290 g/mol. The second-order valence-electron chi connectivity index (χ2n) is 5.46. The van der Waals surface area contributed by atoms with Crippen molar-refractivity contribution >= 4 is 11.3 Å². The normalized spacial score (nSPS) is 14.2. The summed E-state index contributed by atoms with van der Waals surface area (Å²) in [4.78, 5) is 4.51. The van der Waals surface area contributed by atoms with Crippen LogP contribution in [0.1, 0.15) is 31.3 Å². The molecule has 0 aliphatic carbocycles. The van der Waals surface area contributed by atoms with Gasteiger partial charge >= 0.3 is 0 Å². The third kappa shape index (κ3) is 3.38. The lowest BCUT2D eigenvalue weighted by atomic mass is 9.92. The van der Waals surface area contributed by atoms with Gasteiger partial charge in [0.1, 0.15) is 10.8 Å². The number of nitrogens with one attached hydrogen (secondary N) is 1. The van der Waals surface area contributed by atoms with Gasteiger partial charge in [-0.2, -0.15) is 0 Å². The van der Waals surface area contributed by atoms with E-state index in [1.54, 1.807) is 18.4 Å². The lowest BCUT2D eigenvalue weighted by Crippen LogP contribution is -2.45. The summed E-state index contributed by atoms with van der Waals surface area (Å²) in [5.74, 6) is 0.931. The highest BCUT2D eigenvalue weighted by Crippen LogP contribution is 2.31. The molecule has 0 radical (unpaired) electrons. The standard InChI is InChI=1S/C16H22N2OS/c1-12(2)18-16(3,15-17-9-10-20-15)11-13-7-5-6-8-14(13)19-4/h5-10,12,18H,11H2,1-4H3. The van der Waals surface area contributed by atoms with Gasteiger partial charge in [-0.1, -0.05) is 18.2 Å². The van der Waals surface area contributed by atoms with Crippen molar-refractivity contribution in [3.63, 3.8) is 0 Å². The van der Waals surface area contributed by atoms with Crippen LogP contribution in [0.5, 0.6) is 5.75 Å². The van der Waals surface area contributed by atoms with Gasteiger partial charge in [0.2, 0.25) is 0 Å². The molecule has 0 saturated heterocycles. The number of benzene rings is 1. The first-order valence-corrected chi connectivity index (χ1v) is 7.72. The van der Waals surface area contributed by atoms with Gasteiger partial charge in [0, 0.05) is 24.0 Å². The van der Waals surface area contributed by atoms with Crippen LogP contribution in [0.3, 0.4) is 0 Å². The highest BCUT2D eigenvalue weighted by molar-refractivity contribution is 7.09. The third-order valence-electron chi connectivity index (χ3n) is 3.25. The summed E-state index contributed by atoms with van der Waals surface area (Å²) < 4.78 is 5.47. The maximum Gasteiger partial charge on any atom is 0.122 e. The third-order valence-corrected chi connectivity index (χ3v) is 4.29. The Bertz CT molecular complexity index is 539. The van der Waals surface area contributed by atoms with E-state index in [1.165, 1.54) is 5.56 Å². The van der Waals surface area contributed by atoms with Crippen LogP contribution in [0.15, 0.2) is 35.8 Å². The first kappa shape index (κ1) is 15.0. The molecule has 1 unspecified atom stereocenters. The van der Waals surface area contributed by atoms with E-state index in [4.69, 9.17) is 4.74 Å². The lowest BCUT2D eigenvalue weighted by Gasteiger charge is -2.32. The van der Waals surface area contributed by atoms with Crippen LogP contribution < -0.4 is 10.1 Å². The van der Waals surface area contributed by atoms with Crippen molar-refractivity contribution in [3.05, 3.63) is 46.4 Å². The molecule has 108 valence electrons. The van der Waals surface area contributed by atoms with Crippen molar-refractivity contribution in [1.82, 2.24) is 10.3 Å². The van der Waals surface area contributed by atoms with E-state index in [-0.39, 0.29) is 5.54 Å². The minimum absolute atomic E-state index is 0.184. The van der Waals surface area contributed by atoms with E-state index in [0.29, 0.717) is 6.04 Å². The maximum atomic E-state index is 5.47. The minimum Gasteiger partial charge on any atom is -0.496 e. The largest absolute Gasteiger partial charge is 0.496 e. The molecule has 0 aliphatic heterocycles. The predicted octanol–water partition coefficient (Wildman–Crippen LogP) is 3.61. The molecule has 1 atom stereocenters. The summed E-state index contributed by atoms with van der Waals surface area (Å²) in [6.45, 7) is 6.53. The predicted molar refractivity (Wildman–Crippen MR) is 84.4 cm³/mol. The molecule has 2 rings (SSSR count). The van der Waals surface area contributed by atoms with E-state index < -0.39 is 0 Å². The number of para-hydroxylation sites is 1. The zero-order valence-electron chi connectivity index (χ0n) is 12.5. The van der Waals surface area contributed by atoms with Crippen molar-refractivity contribution in [2.75, 3.05) is 7.11 Å². The number of hydrogen-bond donors (Lipinski definition) is 1. The van der Waals surface area contributed by atoms with Crippen molar-refractivity contribution < 1.29 is 4.74 Å². The van der Waals surface area contributed by atoms with E-state index in [9.17, 15) is 0 Å². The van der Waals surface area contributed by atoms with Crippen molar-refractivity contribution in [2.45, 2.75) is 38.8 Å². The Morgan fingerprint density at radius 1 is 1.35 bits per heavy atom. The minimum atomic E-state index is -0.184. The molecule has 20 heavy (non-hydrogen) atoms. The summed E-state index contributed by atoms with van der Waals surface area (Å²) >= 11 is 1.69. The quantitative estimate of drug-likeness (QED) is 0.882. The first-order valence-electron chi connectivity index (χ1n) is 6.85. The van der Waals surface area contributed by atoms with Gasteiger partial charge in [-0.25, -0.2) is 4.98 Å². The highest BCUT2D eigenvalue weighted by atomic mass is 32.1. The first-order chi connectivity index (χ1) is 9.55. The lowest BCUT2D eigenvalue weighted by molar-refractivity contribution is 0.323. The molecule has 1 N–H and O–H groups in total. The summed E-state index contributed by atoms with van der Waals surface area (Å²) in [5.41, 5.74) is 1.01. The number of rotatable bonds is 6. The molecule has 0 amide bonds. The zero-order valence-corrected chi connectivity index (χ0v) is 13.3. The SMILES string of the molecule is COc1ccccc1CC(C)(NC(C)C)c1nccs1. The second kappa shape index (κ2) is 6.37. The Morgan fingerprint density at radius 2 is 2.10 bits per heavy atom. The van der Waals surface area contributed by atoms with Gasteiger partial charge in [-0.15, -0.1) is 11.3 Å². The second-order valence-corrected chi connectivity index (χ2v) is 6.35. The number of nitrogens with zero attached hydrogens (tertiary/aromatic N) is 1. The fourth-order valence-electron chi connectivity index (χ4n) is 2.55. The van der Waals surface area contributed by atoms with E-state index in [2.05, 4.69) is 43.2 Å². The molecule has 0 aliphatic rings. The Kier molecular flexibility index (Phi) is 4.78.